The Morgan fingerprint density at radius 2 is 2.04 bits per heavy atom. The first-order valence-corrected chi connectivity index (χ1v) is 9.46. The van der Waals surface area contributed by atoms with Crippen molar-refractivity contribution in [1.82, 2.24) is 19.8 Å². The second-order valence-electron chi connectivity index (χ2n) is 7.89. The number of benzene rings is 1. The highest BCUT2D eigenvalue weighted by molar-refractivity contribution is 5.84. The van der Waals surface area contributed by atoms with E-state index in [9.17, 15) is 0 Å². The summed E-state index contributed by atoms with van der Waals surface area (Å²) in [7, 11) is 4.23. The van der Waals surface area contributed by atoms with E-state index >= 15 is 0 Å². The lowest BCUT2D eigenvalue weighted by molar-refractivity contribution is 0.297. The molecule has 0 bridgehead atoms. The van der Waals surface area contributed by atoms with Gasteiger partial charge in [0.05, 0.1) is 23.1 Å². The van der Waals surface area contributed by atoms with Crippen molar-refractivity contribution >= 4 is 23.1 Å². The molecule has 1 fully saturated rings. The van der Waals surface area contributed by atoms with Gasteiger partial charge in [0.25, 0.3) is 0 Å². The van der Waals surface area contributed by atoms with Crippen LogP contribution in [0.5, 0.6) is 0 Å². The Morgan fingerprint density at radius 3 is 2.81 bits per heavy atom. The van der Waals surface area contributed by atoms with Gasteiger partial charge < -0.3 is 9.47 Å². The Morgan fingerprint density at radius 1 is 1.19 bits per heavy atom. The van der Waals surface area contributed by atoms with E-state index in [4.69, 9.17) is 4.98 Å². The summed E-state index contributed by atoms with van der Waals surface area (Å²) in [4.78, 5) is 11.7. The van der Waals surface area contributed by atoms with Crippen molar-refractivity contribution in [3.8, 4) is 0 Å². The molecule has 2 unspecified atom stereocenters. The van der Waals surface area contributed by atoms with Crippen LogP contribution < -0.4 is 5.32 Å². The lowest BCUT2D eigenvalue weighted by Gasteiger charge is -2.34. The number of nitrogens with one attached hydrogen (secondary N) is 1. The second-order valence-corrected chi connectivity index (χ2v) is 7.89. The highest BCUT2D eigenvalue weighted by Crippen LogP contribution is 2.42. The van der Waals surface area contributed by atoms with Crippen molar-refractivity contribution < 1.29 is 0 Å². The highest BCUT2D eigenvalue weighted by Gasteiger charge is 2.30. The summed E-state index contributed by atoms with van der Waals surface area (Å²) in [5.41, 5.74) is 5.94. The molecule has 0 radical (unpaired) electrons. The number of allylic oxidation sites excluding steroid dienone is 2. The summed E-state index contributed by atoms with van der Waals surface area (Å²) < 4.78 is 2.27. The standard InChI is InChI=1S/C21H25N5/c1-13-5-4-6-15(9-13)23-21-16-10-19-18(11-17(16)22-12-25(21)2)24-20(26(19)3)14-7-8-14/h4-6,10-12,14-15,21,23H,7-9H2,1-3H3. The Balaban J connectivity index is 1.54. The molecular weight excluding hydrogens is 322 g/mol. The molecule has 1 aliphatic heterocycles. The minimum absolute atomic E-state index is 0.117. The Kier molecular flexibility index (Phi) is 3.54. The Labute approximate surface area is 154 Å². The lowest BCUT2D eigenvalue weighted by Crippen LogP contribution is -2.42. The summed E-state index contributed by atoms with van der Waals surface area (Å²) in [5, 5.41) is 3.80. The van der Waals surface area contributed by atoms with E-state index < -0.39 is 0 Å². The van der Waals surface area contributed by atoms with Crippen molar-refractivity contribution in [1.29, 1.82) is 0 Å². The van der Waals surface area contributed by atoms with Crippen molar-refractivity contribution in [3.05, 3.63) is 47.3 Å². The molecule has 2 heterocycles. The summed E-state index contributed by atoms with van der Waals surface area (Å²) in [6.07, 6.45) is 12.2. The van der Waals surface area contributed by atoms with Gasteiger partial charge in [-0.1, -0.05) is 23.8 Å². The number of aliphatic imine (C=N–C) groups is 1. The van der Waals surface area contributed by atoms with E-state index in [0.717, 1.165) is 17.6 Å². The second kappa shape index (κ2) is 5.81. The molecule has 1 aromatic carbocycles. The fourth-order valence-corrected chi connectivity index (χ4v) is 4.10. The minimum atomic E-state index is 0.117. The lowest BCUT2D eigenvalue weighted by atomic mass is 10.00. The SMILES string of the molecule is CC1=CC=CC(NC2c3cc4c(cc3N=CN2C)nc(C2CC2)n4C)C1. The van der Waals surface area contributed by atoms with Gasteiger partial charge in [0.2, 0.25) is 0 Å². The van der Waals surface area contributed by atoms with E-state index in [0.29, 0.717) is 12.0 Å². The number of aromatic nitrogens is 2. The predicted octanol–water partition coefficient (Wildman–Crippen LogP) is 3.92. The summed E-state index contributed by atoms with van der Waals surface area (Å²) in [5.74, 6) is 1.87. The third-order valence-corrected chi connectivity index (χ3v) is 5.73. The van der Waals surface area contributed by atoms with Crippen molar-refractivity contribution in [2.75, 3.05) is 7.05 Å². The molecule has 5 heteroatoms. The third-order valence-electron chi connectivity index (χ3n) is 5.73. The molecule has 2 aliphatic carbocycles. The smallest absolute Gasteiger partial charge is 0.112 e. The van der Waals surface area contributed by atoms with Gasteiger partial charge >= 0.3 is 0 Å². The maximum Gasteiger partial charge on any atom is 0.112 e. The summed E-state index contributed by atoms with van der Waals surface area (Å²) in [6.45, 7) is 2.19. The molecule has 2 aromatic rings. The molecule has 2 atom stereocenters. The minimum Gasteiger partial charge on any atom is -0.346 e. The molecule has 0 amide bonds. The number of hydrogen-bond acceptors (Lipinski definition) is 4. The van der Waals surface area contributed by atoms with Gasteiger partial charge in [-0.25, -0.2) is 9.98 Å². The fraction of sp³-hybridized carbons (Fsp3) is 0.429. The number of imidazole rings is 1. The van der Waals surface area contributed by atoms with Crippen molar-refractivity contribution in [3.63, 3.8) is 0 Å². The fourth-order valence-electron chi connectivity index (χ4n) is 4.10. The van der Waals surface area contributed by atoms with E-state index in [-0.39, 0.29) is 6.17 Å². The zero-order chi connectivity index (χ0) is 17.8. The predicted molar refractivity (Wildman–Crippen MR) is 106 cm³/mol. The van der Waals surface area contributed by atoms with Gasteiger partial charge in [-0.3, -0.25) is 5.32 Å². The molecular formula is C21H25N5. The van der Waals surface area contributed by atoms with Crippen LogP contribution in [-0.2, 0) is 7.05 Å². The van der Waals surface area contributed by atoms with Gasteiger partial charge in [0.15, 0.2) is 0 Å². The van der Waals surface area contributed by atoms with E-state index in [1.165, 1.54) is 35.3 Å². The average Bonchev–Trinajstić information content (AvgIpc) is 3.41. The number of fused-ring (bicyclic) bond motifs is 2. The third kappa shape index (κ3) is 2.58. The molecule has 0 saturated heterocycles. The number of rotatable bonds is 3. The highest BCUT2D eigenvalue weighted by atomic mass is 15.3. The van der Waals surface area contributed by atoms with E-state index in [1.54, 1.807) is 0 Å². The quantitative estimate of drug-likeness (QED) is 0.915. The Bertz CT molecular complexity index is 960. The molecule has 5 nitrogen and oxygen atoms in total. The van der Waals surface area contributed by atoms with Gasteiger partial charge in [0.1, 0.15) is 12.0 Å². The van der Waals surface area contributed by atoms with Gasteiger partial charge in [0, 0.05) is 31.6 Å². The normalized spacial score (nSPS) is 24.9. The van der Waals surface area contributed by atoms with Crippen LogP contribution in [0.2, 0.25) is 0 Å². The molecule has 3 aliphatic rings. The van der Waals surface area contributed by atoms with Gasteiger partial charge in [-0.15, -0.1) is 0 Å². The maximum absolute atomic E-state index is 4.89. The Hall–Kier alpha value is -2.40. The largest absolute Gasteiger partial charge is 0.346 e. The van der Waals surface area contributed by atoms with Gasteiger partial charge in [-0.2, -0.15) is 0 Å². The van der Waals surface area contributed by atoms with Crippen LogP contribution in [0.3, 0.4) is 0 Å². The number of hydrogen-bond donors (Lipinski definition) is 1. The van der Waals surface area contributed by atoms with Crippen molar-refractivity contribution in [2.45, 2.75) is 44.3 Å². The van der Waals surface area contributed by atoms with E-state index in [2.05, 4.69) is 71.2 Å². The van der Waals surface area contributed by atoms with Crippen LogP contribution in [0.1, 0.15) is 49.7 Å². The van der Waals surface area contributed by atoms with Crippen LogP contribution in [0.4, 0.5) is 5.69 Å². The monoisotopic (exact) mass is 347 g/mol. The van der Waals surface area contributed by atoms with E-state index in [1.807, 2.05) is 6.34 Å². The maximum atomic E-state index is 4.89. The first-order valence-electron chi connectivity index (χ1n) is 9.46. The van der Waals surface area contributed by atoms with Crippen LogP contribution in [0.15, 0.2) is 40.9 Å². The van der Waals surface area contributed by atoms with Crippen LogP contribution in [0.25, 0.3) is 11.0 Å². The molecule has 5 rings (SSSR count). The number of aryl methyl sites for hydroxylation is 1. The number of nitrogens with zero attached hydrogens (tertiary/aromatic N) is 4. The van der Waals surface area contributed by atoms with Crippen molar-refractivity contribution in [2.24, 2.45) is 12.0 Å². The van der Waals surface area contributed by atoms with Crippen LogP contribution in [-0.4, -0.2) is 33.9 Å². The van der Waals surface area contributed by atoms with Crippen LogP contribution in [0, 0.1) is 0 Å². The first-order chi connectivity index (χ1) is 12.6. The topological polar surface area (TPSA) is 45.5 Å². The molecule has 1 aromatic heterocycles. The zero-order valence-corrected chi connectivity index (χ0v) is 15.6. The molecule has 0 spiro atoms. The van der Waals surface area contributed by atoms with Gasteiger partial charge in [-0.05, 0) is 38.3 Å². The van der Waals surface area contributed by atoms with Crippen LogP contribution >= 0.6 is 0 Å². The molecule has 26 heavy (non-hydrogen) atoms. The summed E-state index contributed by atoms with van der Waals surface area (Å²) >= 11 is 0. The molecule has 1 N–H and O–H groups in total. The summed E-state index contributed by atoms with van der Waals surface area (Å²) in [6, 6.07) is 4.77. The molecule has 1 saturated carbocycles. The average molecular weight is 347 g/mol. The first kappa shape index (κ1) is 15.8. The molecule has 134 valence electrons. The zero-order valence-electron chi connectivity index (χ0n) is 15.6.